The lowest BCUT2D eigenvalue weighted by molar-refractivity contribution is -0.136. The maximum atomic E-state index is 9.49. The first-order valence-electron chi connectivity index (χ1n) is 5.93. The Morgan fingerprint density at radius 1 is 1.35 bits per heavy atom. The van der Waals surface area contributed by atoms with Crippen LogP contribution in [0, 0.1) is 19.3 Å². The van der Waals surface area contributed by atoms with Crippen molar-refractivity contribution in [3.05, 3.63) is 28.8 Å². The van der Waals surface area contributed by atoms with Gasteiger partial charge >= 0.3 is 0 Å². The summed E-state index contributed by atoms with van der Waals surface area (Å²) in [6, 6.07) is 4.20. The molecule has 1 heterocycles. The minimum atomic E-state index is -0.104. The van der Waals surface area contributed by atoms with Gasteiger partial charge in [-0.05, 0) is 43.0 Å². The van der Waals surface area contributed by atoms with Crippen LogP contribution in [0.4, 0.5) is 0 Å². The van der Waals surface area contributed by atoms with Gasteiger partial charge in [-0.2, -0.15) is 0 Å². The molecule has 2 rings (SSSR count). The smallest absolute Gasteiger partial charge is 0.122 e. The van der Waals surface area contributed by atoms with Gasteiger partial charge in [0.25, 0.3) is 0 Å². The topological polar surface area (TPSA) is 38.7 Å². The van der Waals surface area contributed by atoms with Crippen LogP contribution in [0.1, 0.15) is 16.7 Å². The summed E-state index contributed by atoms with van der Waals surface area (Å²) < 4.78 is 10.7. The summed E-state index contributed by atoms with van der Waals surface area (Å²) in [6.07, 6.45) is 0.818. The van der Waals surface area contributed by atoms with E-state index in [2.05, 4.69) is 19.9 Å². The predicted molar refractivity (Wildman–Crippen MR) is 66.5 cm³/mol. The fourth-order valence-electron chi connectivity index (χ4n) is 2.38. The largest absolute Gasteiger partial charge is 0.496 e. The highest BCUT2D eigenvalue weighted by atomic mass is 16.5. The normalized spacial score (nSPS) is 17.6. The van der Waals surface area contributed by atoms with E-state index in [0.29, 0.717) is 13.2 Å². The van der Waals surface area contributed by atoms with Gasteiger partial charge in [0.15, 0.2) is 0 Å². The van der Waals surface area contributed by atoms with Crippen LogP contribution in [0.25, 0.3) is 0 Å². The molecule has 0 aliphatic carbocycles. The van der Waals surface area contributed by atoms with Crippen molar-refractivity contribution in [1.29, 1.82) is 0 Å². The van der Waals surface area contributed by atoms with Gasteiger partial charge in [-0.25, -0.2) is 0 Å². The van der Waals surface area contributed by atoms with E-state index >= 15 is 0 Å². The zero-order valence-electron chi connectivity index (χ0n) is 10.7. The third kappa shape index (κ3) is 2.31. The first-order chi connectivity index (χ1) is 8.10. The lowest BCUT2D eigenvalue weighted by Crippen LogP contribution is -2.47. The predicted octanol–water partition coefficient (Wildman–Crippen LogP) is 1.86. The number of aliphatic hydroxyl groups excluding tert-OH is 1. The van der Waals surface area contributed by atoms with Crippen LogP contribution >= 0.6 is 0 Å². The van der Waals surface area contributed by atoms with Crippen molar-refractivity contribution in [3.63, 3.8) is 0 Å². The first-order valence-corrected chi connectivity index (χ1v) is 5.93. The van der Waals surface area contributed by atoms with E-state index in [1.165, 1.54) is 16.7 Å². The quantitative estimate of drug-likeness (QED) is 0.867. The van der Waals surface area contributed by atoms with Crippen LogP contribution in [0.15, 0.2) is 12.1 Å². The molecule has 94 valence electrons. The van der Waals surface area contributed by atoms with Crippen molar-refractivity contribution in [2.45, 2.75) is 20.3 Å². The summed E-state index contributed by atoms with van der Waals surface area (Å²) in [5, 5.41) is 9.49. The monoisotopic (exact) mass is 236 g/mol. The molecule has 1 aliphatic heterocycles. The van der Waals surface area contributed by atoms with Crippen LogP contribution in [0.5, 0.6) is 5.75 Å². The summed E-state index contributed by atoms with van der Waals surface area (Å²) in [5.41, 5.74) is 3.51. The second kappa shape index (κ2) is 4.67. The fourth-order valence-corrected chi connectivity index (χ4v) is 2.38. The maximum Gasteiger partial charge on any atom is 0.122 e. The van der Waals surface area contributed by atoms with Crippen molar-refractivity contribution in [1.82, 2.24) is 0 Å². The molecule has 3 nitrogen and oxygen atoms in total. The fraction of sp³-hybridized carbons (Fsp3) is 0.571. The molecule has 0 spiro atoms. The van der Waals surface area contributed by atoms with Crippen molar-refractivity contribution < 1.29 is 14.6 Å². The molecule has 1 aromatic carbocycles. The second-order valence-corrected chi connectivity index (χ2v) is 5.09. The minimum absolute atomic E-state index is 0.104. The van der Waals surface area contributed by atoms with Crippen LogP contribution in [0.3, 0.4) is 0 Å². The zero-order chi connectivity index (χ0) is 12.5. The molecule has 0 aromatic heterocycles. The molecule has 0 radical (unpaired) electrons. The van der Waals surface area contributed by atoms with Crippen molar-refractivity contribution in [2.24, 2.45) is 5.41 Å². The Morgan fingerprint density at radius 2 is 2.06 bits per heavy atom. The van der Waals surface area contributed by atoms with Crippen LogP contribution in [0.2, 0.25) is 0 Å². The van der Waals surface area contributed by atoms with E-state index in [4.69, 9.17) is 9.47 Å². The number of methoxy groups -OCH3 is 1. The summed E-state index contributed by atoms with van der Waals surface area (Å²) >= 11 is 0. The molecule has 0 amide bonds. The van der Waals surface area contributed by atoms with Crippen LogP contribution in [-0.4, -0.2) is 32.0 Å². The molecule has 1 aromatic rings. The lowest BCUT2D eigenvalue weighted by atomic mass is 9.79. The maximum absolute atomic E-state index is 9.49. The zero-order valence-corrected chi connectivity index (χ0v) is 10.7. The van der Waals surface area contributed by atoms with Gasteiger partial charge in [0.05, 0.1) is 26.9 Å². The van der Waals surface area contributed by atoms with Gasteiger partial charge in [0.1, 0.15) is 5.75 Å². The van der Waals surface area contributed by atoms with Crippen molar-refractivity contribution in [2.75, 3.05) is 26.9 Å². The summed E-state index contributed by atoms with van der Waals surface area (Å²) in [5.74, 6) is 0.919. The summed E-state index contributed by atoms with van der Waals surface area (Å²) in [4.78, 5) is 0. The molecular weight excluding hydrogens is 216 g/mol. The van der Waals surface area contributed by atoms with Gasteiger partial charge in [-0.1, -0.05) is 6.07 Å². The van der Waals surface area contributed by atoms with E-state index in [1.807, 2.05) is 6.07 Å². The molecule has 0 unspecified atom stereocenters. The molecule has 3 heteroatoms. The van der Waals surface area contributed by atoms with Crippen molar-refractivity contribution >= 4 is 0 Å². The molecule has 1 aliphatic rings. The third-order valence-electron chi connectivity index (χ3n) is 3.50. The van der Waals surface area contributed by atoms with Gasteiger partial charge in [0.2, 0.25) is 0 Å². The third-order valence-corrected chi connectivity index (χ3v) is 3.50. The average Bonchev–Trinajstić information content (AvgIpc) is 2.25. The Balaban J connectivity index is 2.31. The van der Waals surface area contributed by atoms with E-state index in [-0.39, 0.29) is 12.0 Å². The molecular formula is C14H20O3. The Bertz CT molecular complexity index is 403. The highest BCUT2D eigenvalue weighted by Gasteiger charge is 2.39. The standard InChI is InChI=1S/C14H20O3/c1-10-4-11(2)12(13(5-10)16-3)6-14(7-15)8-17-9-14/h4-5,15H,6-9H2,1-3H3. The number of hydrogen-bond donors (Lipinski definition) is 1. The molecule has 1 saturated heterocycles. The summed E-state index contributed by atoms with van der Waals surface area (Å²) in [7, 11) is 1.70. The van der Waals surface area contributed by atoms with E-state index < -0.39 is 0 Å². The Morgan fingerprint density at radius 3 is 2.53 bits per heavy atom. The van der Waals surface area contributed by atoms with E-state index in [0.717, 1.165) is 12.2 Å². The van der Waals surface area contributed by atoms with Crippen LogP contribution in [-0.2, 0) is 11.2 Å². The number of benzene rings is 1. The Hall–Kier alpha value is -1.06. The second-order valence-electron chi connectivity index (χ2n) is 5.09. The Kier molecular flexibility index (Phi) is 3.40. The SMILES string of the molecule is COc1cc(C)cc(C)c1CC1(CO)COC1. The van der Waals surface area contributed by atoms with E-state index in [1.54, 1.807) is 7.11 Å². The first kappa shape index (κ1) is 12.4. The molecule has 0 bridgehead atoms. The number of ether oxygens (including phenoxy) is 2. The van der Waals surface area contributed by atoms with Gasteiger partial charge in [0, 0.05) is 5.41 Å². The summed E-state index contributed by atoms with van der Waals surface area (Å²) in [6.45, 7) is 5.60. The van der Waals surface area contributed by atoms with Gasteiger partial charge < -0.3 is 14.6 Å². The molecule has 1 N–H and O–H groups in total. The van der Waals surface area contributed by atoms with E-state index in [9.17, 15) is 5.11 Å². The molecule has 0 atom stereocenters. The highest BCUT2D eigenvalue weighted by Crippen LogP contribution is 2.36. The van der Waals surface area contributed by atoms with Gasteiger partial charge in [-0.15, -0.1) is 0 Å². The average molecular weight is 236 g/mol. The molecule has 0 saturated carbocycles. The molecule has 1 fully saturated rings. The number of aliphatic hydroxyl groups is 1. The highest BCUT2D eigenvalue weighted by molar-refractivity contribution is 5.43. The lowest BCUT2D eigenvalue weighted by Gasteiger charge is -2.40. The van der Waals surface area contributed by atoms with Crippen LogP contribution < -0.4 is 4.74 Å². The van der Waals surface area contributed by atoms with Crippen molar-refractivity contribution in [3.8, 4) is 5.75 Å². The Labute approximate surface area is 102 Å². The van der Waals surface area contributed by atoms with Gasteiger partial charge in [-0.3, -0.25) is 0 Å². The molecule has 17 heavy (non-hydrogen) atoms. The number of aryl methyl sites for hydroxylation is 2. The minimum Gasteiger partial charge on any atom is -0.496 e. The number of hydrogen-bond acceptors (Lipinski definition) is 3. The number of rotatable bonds is 4.